The van der Waals surface area contributed by atoms with Crippen LogP contribution >= 0.6 is 0 Å². The molecule has 2 aromatic heterocycles. The minimum Gasteiger partial charge on any atom is -0.497 e. The van der Waals surface area contributed by atoms with Gasteiger partial charge in [0.2, 0.25) is 0 Å². The van der Waals surface area contributed by atoms with E-state index < -0.39 is 0 Å². The standard InChI is InChI=1S/C27H30N6O2/c1-4-19(2)24-29-25(23-18-28-33(26(23)30-24)21-8-6-5-7-9-21)31-14-16-32(17-15-31)27(34)20-10-12-22(35-3)13-11-20/h5-13,18-19H,4,14-17H2,1-3H3. The Labute approximate surface area is 205 Å². The summed E-state index contributed by atoms with van der Waals surface area (Å²) in [4.78, 5) is 27.1. The number of carbonyl (C=O) groups is 1. The topological polar surface area (TPSA) is 76.4 Å². The zero-order valence-corrected chi connectivity index (χ0v) is 20.4. The molecule has 0 saturated carbocycles. The molecule has 1 amide bonds. The molecule has 8 nitrogen and oxygen atoms in total. The number of piperazine rings is 1. The first-order chi connectivity index (χ1) is 17.1. The smallest absolute Gasteiger partial charge is 0.253 e. The molecule has 1 saturated heterocycles. The summed E-state index contributed by atoms with van der Waals surface area (Å²) in [5.41, 5.74) is 2.46. The highest BCUT2D eigenvalue weighted by Crippen LogP contribution is 2.29. The fraction of sp³-hybridized carbons (Fsp3) is 0.333. The van der Waals surface area contributed by atoms with Crippen LogP contribution in [0.4, 0.5) is 5.82 Å². The van der Waals surface area contributed by atoms with Crippen LogP contribution in [0.25, 0.3) is 16.7 Å². The van der Waals surface area contributed by atoms with Crippen molar-refractivity contribution in [2.75, 3.05) is 38.2 Å². The number of carbonyl (C=O) groups excluding carboxylic acids is 1. The number of nitrogens with zero attached hydrogens (tertiary/aromatic N) is 6. The molecule has 2 aromatic carbocycles. The number of rotatable bonds is 6. The minimum absolute atomic E-state index is 0.0392. The Morgan fingerprint density at radius 2 is 1.71 bits per heavy atom. The average Bonchev–Trinajstić information content (AvgIpc) is 3.36. The van der Waals surface area contributed by atoms with E-state index in [-0.39, 0.29) is 11.8 Å². The van der Waals surface area contributed by atoms with Crippen molar-refractivity contribution in [3.63, 3.8) is 0 Å². The van der Waals surface area contributed by atoms with E-state index in [1.165, 1.54) is 0 Å². The number of methoxy groups -OCH3 is 1. The number of fused-ring (bicyclic) bond motifs is 1. The molecule has 4 aromatic rings. The van der Waals surface area contributed by atoms with Crippen LogP contribution in [0.15, 0.2) is 60.8 Å². The number of hydrogen-bond acceptors (Lipinski definition) is 6. The third-order valence-electron chi connectivity index (χ3n) is 6.68. The molecule has 180 valence electrons. The van der Waals surface area contributed by atoms with Crippen molar-refractivity contribution in [2.45, 2.75) is 26.2 Å². The largest absolute Gasteiger partial charge is 0.497 e. The van der Waals surface area contributed by atoms with Crippen molar-refractivity contribution in [1.29, 1.82) is 0 Å². The first kappa shape index (κ1) is 22.8. The summed E-state index contributed by atoms with van der Waals surface area (Å²) in [5, 5.41) is 5.58. The predicted octanol–water partition coefficient (Wildman–Crippen LogP) is 4.30. The van der Waals surface area contributed by atoms with Crippen molar-refractivity contribution in [1.82, 2.24) is 24.6 Å². The Morgan fingerprint density at radius 3 is 2.37 bits per heavy atom. The van der Waals surface area contributed by atoms with Gasteiger partial charge in [0.25, 0.3) is 5.91 Å². The Bertz CT molecular complexity index is 1310. The van der Waals surface area contributed by atoms with Gasteiger partial charge in [-0.2, -0.15) is 5.10 Å². The molecule has 5 rings (SSSR count). The van der Waals surface area contributed by atoms with Gasteiger partial charge in [0.05, 0.1) is 24.4 Å². The second-order valence-corrected chi connectivity index (χ2v) is 8.85. The van der Waals surface area contributed by atoms with Crippen LogP contribution in [0, 0.1) is 0 Å². The van der Waals surface area contributed by atoms with E-state index in [4.69, 9.17) is 14.7 Å². The fourth-order valence-corrected chi connectivity index (χ4v) is 4.35. The van der Waals surface area contributed by atoms with Crippen molar-refractivity contribution in [3.05, 3.63) is 72.2 Å². The van der Waals surface area contributed by atoms with Gasteiger partial charge in [0.1, 0.15) is 17.4 Å². The van der Waals surface area contributed by atoms with Crippen molar-refractivity contribution in [2.24, 2.45) is 0 Å². The van der Waals surface area contributed by atoms with Gasteiger partial charge in [-0.15, -0.1) is 0 Å². The number of aromatic nitrogens is 4. The first-order valence-corrected chi connectivity index (χ1v) is 12.1. The van der Waals surface area contributed by atoms with E-state index in [1.807, 2.05) is 70.4 Å². The molecule has 1 atom stereocenters. The van der Waals surface area contributed by atoms with E-state index in [0.717, 1.165) is 40.5 Å². The van der Waals surface area contributed by atoms with Gasteiger partial charge in [-0.3, -0.25) is 4.79 Å². The van der Waals surface area contributed by atoms with Crippen LogP contribution in [0.2, 0.25) is 0 Å². The van der Waals surface area contributed by atoms with Gasteiger partial charge in [-0.1, -0.05) is 32.0 Å². The van der Waals surface area contributed by atoms with Gasteiger partial charge in [0, 0.05) is 37.7 Å². The van der Waals surface area contributed by atoms with Gasteiger partial charge in [0.15, 0.2) is 5.65 Å². The van der Waals surface area contributed by atoms with Crippen LogP contribution < -0.4 is 9.64 Å². The van der Waals surface area contributed by atoms with E-state index in [9.17, 15) is 4.79 Å². The van der Waals surface area contributed by atoms with Crippen LogP contribution in [-0.4, -0.2) is 63.8 Å². The molecule has 1 fully saturated rings. The fourth-order valence-electron chi connectivity index (χ4n) is 4.35. The third kappa shape index (κ3) is 4.43. The summed E-state index contributed by atoms with van der Waals surface area (Å²) in [6, 6.07) is 17.3. The molecule has 35 heavy (non-hydrogen) atoms. The number of anilines is 1. The summed E-state index contributed by atoms with van der Waals surface area (Å²) < 4.78 is 7.09. The van der Waals surface area contributed by atoms with E-state index in [1.54, 1.807) is 7.11 Å². The Morgan fingerprint density at radius 1 is 1.00 bits per heavy atom. The number of benzene rings is 2. The molecule has 1 unspecified atom stereocenters. The van der Waals surface area contributed by atoms with E-state index in [2.05, 4.69) is 23.8 Å². The number of para-hydroxylation sites is 1. The summed E-state index contributed by atoms with van der Waals surface area (Å²) in [5.74, 6) is 2.73. The second-order valence-electron chi connectivity index (χ2n) is 8.85. The SMILES string of the molecule is CCC(C)c1nc(N2CCN(C(=O)c3ccc(OC)cc3)CC2)c2cnn(-c3ccccc3)c2n1. The lowest BCUT2D eigenvalue weighted by atomic mass is 10.1. The van der Waals surface area contributed by atoms with E-state index in [0.29, 0.717) is 31.7 Å². The minimum atomic E-state index is 0.0392. The van der Waals surface area contributed by atoms with Gasteiger partial charge in [-0.25, -0.2) is 14.6 Å². The Hall–Kier alpha value is -3.94. The second kappa shape index (κ2) is 9.74. The summed E-state index contributed by atoms with van der Waals surface area (Å²) in [6.45, 7) is 6.95. The highest BCUT2D eigenvalue weighted by atomic mass is 16.5. The molecule has 1 aliphatic rings. The number of ether oxygens (including phenoxy) is 1. The Balaban J connectivity index is 1.42. The van der Waals surface area contributed by atoms with Gasteiger partial charge < -0.3 is 14.5 Å². The molecule has 0 aliphatic carbocycles. The zero-order valence-electron chi connectivity index (χ0n) is 20.4. The molecule has 1 aliphatic heterocycles. The van der Waals surface area contributed by atoms with Gasteiger partial charge >= 0.3 is 0 Å². The summed E-state index contributed by atoms with van der Waals surface area (Å²) >= 11 is 0. The molecule has 8 heteroatoms. The molecule has 0 bridgehead atoms. The van der Waals surface area contributed by atoms with Crippen LogP contribution in [-0.2, 0) is 0 Å². The lowest BCUT2D eigenvalue weighted by Crippen LogP contribution is -2.49. The zero-order chi connectivity index (χ0) is 24.4. The van der Waals surface area contributed by atoms with Crippen LogP contribution in [0.5, 0.6) is 5.75 Å². The van der Waals surface area contributed by atoms with Crippen molar-refractivity contribution in [3.8, 4) is 11.4 Å². The summed E-state index contributed by atoms with van der Waals surface area (Å²) in [7, 11) is 1.62. The maximum atomic E-state index is 13.0. The maximum Gasteiger partial charge on any atom is 0.253 e. The van der Waals surface area contributed by atoms with E-state index >= 15 is 0 Å². The lowest BCUT2D eigenvalue weighted by Gasteiger charge is -2.36. The highest BCUT2D eigenvalue weighted by molar-refractivity contribution is 5.94. The maximum absolute atomic E-state index is 13.0. The lowest BCUT2D eigenvalue weighted by molar-refractivity contribution is 0.0746. The van der Waals surface area contributed by atoms with Crippen LogP contribution in [0.3, 0.4) is 0 Å². The first-order valence-electron chi connectivity index (χ1n) is 12.1. The molecular formula is C27H30N6O2. The third-order valence-corrected chi connectivity index (χ3v) is 6.68. The normalized spacial score (nSPS) is 14.8. The molecule has 0 radical (unpaired) electrons. The number of hydrogen-bond donors (Lipinski definition) is 0. The molecule has 0 spiro atoms. The number of amides is 1. The quantitative estimate of drug-likeness (QED) is 0.418. The molecule has 0 N–H and O–H groups in total. The highest BCUT2D eigenvalue weighted by Gasteiger charge is 2.26. The average molecular weight is 471 g/mol. The van der Waals surface area contributed by atoms with Gasteiger partial charge in [-0.05, 0) is 42.8 Å². The van der Waals surface area contributed by atoms with Crippen LogP contribution in [0.1, 0.15) is 42.4 Å². The molecule has 3 heterocycles. The molecular weight excluding hydrogens is 440 g/mol. The Kier molecular flexibility index (Phi) is 6.35. The van der Waals surface area contributed by atoms with Crippen molar-refractivity contribution >= 4 is 22.8 Å². The summed E-state index contributed by atoms with van der Waals surface area (Å²) in [6.07, 6.45) is 2.81. The monoisotopic (exact) mass is 470 g/mol. The van der Waals surface area contributed by atoms with Crippen molar-refractivity contribution < 1.29 is 9.53 Å². The predicted molar refractivity (Wildman–Crippen MR) is 136 cm³/mol.